The van der Waals surface area contributed by atoms with Crippen molar-refractivity contribution < 1.29 is 40.7 Å². The summed E-state index contributed by atoms with van der Waals surface area (Å²) in [5, 5.41) is 3.43. The molecule has 2 radical (unpaired) electrons. The lowest BCUT2D eigenvalue weighted by atomic mass is 9.75. The standard InChI is InChI=1S/C29H31BF6N3O3P/c1-18(20-12-22(28(31,32)33)14-23(13-20)29(34,35)36)42-17-26(21-6-4-3-5-7-21)10-11-27(16-37-26)24(40)39(43(2)30)25(41)38(27)15-19-8-9-19/h3-7,12-14,18-19,37H,8-11,15-17H2,1-2H3/t18-,26-,27?,43?/m1/s1. The Labute approximate surface area is 248 Å². The van der Waals surface area contributed by atoms with Gasteiger partial charge in [0.15, 0.2) is 0 Å². The van der Waals surface area contributed by atoms with E-state index in [-0.39, 0.29) is 37.1 Å². The highest BCUT2D eigenvalue weighted by molar-refractivity contribution is 7.80. The molecule has 43 heavy (non-hydrogen) atoms. The monoisotopic (exact) mass is 625 g/mol. The molecule has 2 aliphatic heterocycles. The van der Waals surface area contributed by atoms with Gasteiger partial charge in [-0.25, -0.2) is 4.79 Å². The Kier molecular flexibility index (Phi) is 8.41. The van der Waals surface area contributed by atoms with Crippen LogP contribution >= 0.6 is 7.95 Å². The number of piperidine rings is 1. The number of ether oxygens (including phenoxy) is 1. The van der Waals surface area contributed by atoms with Crippen molar-refractivity contribution in [2.24, 2.45) is 5.92 Å². The Bertz CT molecular complexity index is 1330. The lowest BCUT2D eigenvalue weighted by molar-refractivity contribution is -0.143. The van der Waals surface area contributed by atoms with E-state index in [1.54, 1.807) is 23.7 Å². The van der Waals surface area contributed by atoms with Crippen LogP contribution in [0.25, 0.3) is 0 Å². The van der Waals surface area contributed by atoms with Crippen molar-refractivity contribution in [3.8, 4) is 0 Å². The molecule has 230 valence electrons. The van der Waals surface area contributed by atoms with E-state index >= 15 is 0 Å². The van der Waals surface area contributed by atoms with E-state index in [2.05, 4.69) is 5.32 Å². The van der Waals surface area contributed by atoms with Gasteiger partial charge in [-0.05, 0) is 74.5 Å². The van der Waals surface area contributed by atoms with Gasteiger partial charge in [0.05, 0.1) is 29.4 Å². The molecule has 2 saturated heterocycles. The maximum atomic E-state index is 13.7. The van der Waals surface area contributed by atoms with Gasteiger partial charge in [0, 0.05) is 13.1 Å². The third-order valence-electron chi connectivity index (χ3n) is 8.64. The highest BCUT2D eigenvalue weighted by Gasteiger charge is 2.61. The van der Waals surface area contributed by atoms with Gasteiger partial charge < -0.3 is 15.0 Å². The zero-order valence-electron chi connectivity index (χ0n) is 23.6. The van der Waals surface area contributed by atoms with Crippen LogP contribution in [0.2, 0.25) is 0 Å². The van der Waals surface area contributed by atoms with Crippen molar-refractivity contribution in [2.75, 3.05) is 26.4 Å². The largest absolute Gasteiger partial charge is 0.416 e. The number of hydrogen-bond acceptors (Lipinski definition) is 4. The molecule has 1 spiro atoms. The van der Waals surface area contributed by atoms with Crippen molar-refractivity contribution in [3.05, 3.63) is 70.8 Å². The van der Waals surface area contributed by atoms with E-state index in [0.29, 0.717) is 31.0 Å². The van der Waals surface area contributed by atoms with E-state index < -0.39 is 54.6 Å². The number of amides is 3. The first-order chi connectivity index (χ1) is 20.1. The highest BCUT2D eigenvalue weighted by Crippen LogP contribution is 2.48. The summed E-state index contributed by atoms with van der Waals surface area (Å²) >= 11 is 0. The zero-order chi connectivity index (χ0) is 31.4. The van der Waals surface area contributed by atoms with Crippen LogP contribution in [-0.4, -0.2) is 61.0 Å². The van der Waals surface area contributed by atoms with Gasteiger partial charge in [0.2, 0.25) is 0 Å². The summed E-state index contributed by atoms with van der Waals surface area (Å²) in [6.45, 7) is 3.44. The fourth-order valence-corrected chi connectivity index (χ4v) is 6.75. The zero-order valence-corrected chi connectivity index (χ0v) is 24.5. The molecule has 4 atom stereocenters. The number of alkyl halides is 6. The summed E-state index contributed by atoms with van der Waals surface area (Å²) < 4.78 is 88.0. The predicted octanol–water partition coefficient (Wildman–Crippen LogP) is 6.60. The average Bonchev–Trinajstić information content (AvgIpc) is 3.75. The van der Waals surface area contributed by atoms with Crippen LogP contribution in [0.3, 0.4) is 0 Å². The summed E-state index contributed by atoms with van der Waals surface area (Å²) in [6.07, 6.45) is -8.57. The van der Waals surface area contributed by atoms with Crippen molar-refractivity contribution in [1.82, 2.24) is 14.9 Å². The number of rotatable bonds is 8. The summed E-state index contributed by atoms with van der Waals surface area (Å²) in [5.74, 6) is -0.0465. The normalized spacial score (nSPS) is 26.3. The molecule has 14 heteroatoms. The summed E-state index contributed by atoms with van der Waals surface area (Å²) in [7, 11) is 4.56. The van der Waals surface area contributed by atoms with E-state index in [0.717, 1.165) is 23.1 Å². The number of imide groups is 1. The minimum absolute atomic E-state index is 0.0817. The Balaban J connectivity index is 1.42. The van der Waals surface area contributed by atoms with Crippen LogP contribution in [0.4, 0.5) is 31.1 Å². The molecule has 5 rings (SSSR count). The summed E-state index contributed by atoms with van der Waals surface area (Å²) in [4.78, 5) is 28.7. The summed E-state index contributed by atoms with van der Waals surface area (Å²) in [5.41, 5.74) is -4.40. The Hall–Kier alpha value is -2.63. The Morgan fingerprint density at radius 1 is 1.02 bits per heavy atom. The molecule has 2 heterocycles. The first-order valence-electron chi connectivity index (χ1n) is 13.9. The number of nitrogens with one attached hydrogen (secondary N) is 1. The SMILES string of the molecule is [B]P(C)N1C(=O)N(CC2CC2)C2(CC[C@@](CO[C@H](C)c3cc(C(F)(F)F)cc(C(F)(F)F)c3)(c3ccccc3)NC2)C1=O. The van der Waals surface area contributed by atoms with Gasteiger partial charge in [-0.15, -0.1) is 0 Å². The highest BCUT2D eigenvalue weighted by atomic mass is 31.1. The number of carbonyl (C=O) groups is 2. The third-order valence-corrected chi connectivity index (χ3v) is 9.63. The van der Waals surface area contributed by atoms with Gasteiger partial charge in [-0.1, -0.05) is 38.3 Å². The second-order valence-electron chi connectivity index (χ2n) is 11.7. The lowest BCUT2D eigenvalue weighted by Crippen LogP contribution is -2.65. The first kappa shape index (κ1) is 31.8. The number of benzene rings is 2. The van der Waals surface area contributed by atoms with Crippen molar-refractivity contribution in [2.45, 2.75) is 62.1 Å². The molecule has 2 aromatic rings. The second-order valence-corrected chi connectivity index (χ2v) is 13.2. The fraction of sp³-hybridized carbons (Fsp3) is 0.517. The molecule has 1 aliphatic carbocycles. The molecular formula is C29H31BF6N3O3P. The Morgan fingerprint density at radius 3 is 2.12 bits per heavy atom. The van der Waals surface area contributed by atoms with Crippen LogP contribution in [0, 0.1) is 5.92 Å². The molecular weight excluding hydrogens is 594 g/mol. The molecule has 3 amide bonds. The predicted molar refractivity (Wildman–Crippen MR) is 149 cm³/mol. The van der Waals surface area contributed by atoms with Crippen LogP contribution in [0.15, 0.2) is 48.5 Å². The Morgan fingerprint density at radius 2 is 1.63 bits per heavy atom. The van der Waals surface area contributed by atoms with Gasteiger partial charge in [0.1, 0.15) is 13.1 Å². The number of halogens is 6. The molecule has 2 aromatic carbocycles. The van der Waals surface area contributed by atoms with E-state index in [1.807, 2.05) is 18.2 Å². The van der Waals surface area contributed by atoms with Crippen molar-refractivity contribution in [3.63, 3.8) is 0 Å². The topological polar surface area (TPSA) is 61.9 Å². The van der Waals surface area contributed by atoms with E-state index in [1.165, 1.54) is 6.92 Å². The van der Waals surface area contributed by atoms with Crippen molar-refractivity contribution >= 4 is 27.5 Å². The van der Waals surface area contributed by atoms with Gasteiger partial charge in [-0.3, -0.25) is 9.46 Å². The molecule has 3 aliphatic rings. The molecule has 1 saturated carbocycles. The van der Waals surface area contributed by atoms with Crippen LogP contribution in [-0.2, 0) is 27.4 Å². The molecule has 0 bridgehead atoms. The molecule has 0 aromatic heterocycles. The average molecular weight is 625 g/mol. The van der Waals surface area contributed by atoms with Crippen LogP contribution in [0.5, 0.6) is 0 Å². The maximum absolute atomic E-state index is 13.7. The second kappa shape index (κ2) is 11.4. The fourth-order valence-electron chi connectivity index (χ4n) is 5.90. The number of hydrogen-bond donors (Lipinski definition) is 1. The number of carbonyl (C=O) groups excluding carboxylic acids is 2. The van der Waals surface area contributed by atoms with E-state index in [4.69, 9.17) is 12.3 Å². The number of nitrogens with zero attached hydrogens (tertiary/aromatic N) is 2. The maximum Gasteiger partial charge on any atom is 0.416 e. The quantitative estimate of drug-likeness (QED) is 0.156. The van der Waals surface area contributed by atoms with Crippen LogP contribution < -0.4 is 5.32 Å². The van der Waals surface area contributed by atoms with Gasteiger partial charge >= 0.3 is 18.4 Å². The smallest absolute Gasteiger partial charge is 0.372 e. The first-order valence-corrected chi connectivity index (χ1v) is 15.7. The third kappa shape index (κ3) is 6.18. The number of urea groups is 1. The summed E-state index contributed by atoms with van der Waals surface area (Å²) in [6, 6.07) is 10.1. The minimum atomic E-state index is -4.98. The lowest BCUT2D eigenvalue weighted by Gasteiger charge is -2.48. The van der Waals surface area contributed by atoms with Crippen molar-refractivity contribution in [1.29, 1.82) is 0 Å². The van der Waals surface area contributed by atoms with Crippen LogP contribution in [0.1, 0.15) is 61.0 Å². The molecule has 1 N–H and O–H groups in total. The molecule has 2 unspecified atom stereocenters. The van der Waals surface area contributed by atoms with Gasteiger partial charge in [-0.2, -0.15) is 26.3 Å². The van der Waals surface area contributed by atoms with Gasteiger partial charge in [0.25, 0.3) is 5.91 Å². The minimum Gasteiger partial charge on any atom is -0.372 e. The van der Waals surface area contributed by atoms with E-state index in [9.17, 15) is 35.9 Å². The molecule has 3 fully saturated rings. The molecule has 6 nitrogen and oxygen atoms in total.